The summed E-state index contributed by atoms with van der Waals surface area (Å²) in [5.74, 6) is 0.581. The fraction of sp³-hybridized carbons (Fsp3) is 0.667. The number of likely N-dealkylation sites (N-methyl/N-ethyl adjacent to an activating group) is 2. The molecular formula is C18H31N3. The van der Waals surface area contributed by atoms with Crippen molar-refractivity contribution in [1.29, 1.82) is 0 Å². The minimum Gasteiger partial charge on any atom is -0.319 e. The highest BCUT2D eigenvalue weighted by atomic mass is 15.2. The van der Waals surface area contributed by atoms with E-state index in [1.807, 2.05) is 7.05 Å². The summed E-state index contributed by atoms with van der Waals surface area (Å²) >= 11 is 0. The van der Waals surface area contributed by atoms with E-state index in [4.69, 9.17) is 0 Å². The van der Waals surface area contributed by atoms with Crippen molar-refractivity contribution < 1.29 is 0 Å². The van der Waals surface area contributed by atoms with E-state index in [1.54, 1.807) is 0 Å². The van der Waals surface area contributed by atoms with Gasteiger partial charge in [-0.2, -0.15) is 0 Å². The van der Waals surface area contributed by atoms with E-state index >= 15 is 0 Å². The van der Waals surface area contributed by atoms with Crippen LogP contribution in [0.15, 0.2) is 24.3 Å². The van der Waals surface area contributed by atoms with Crippen LogP contribution in [0.4, 0.5) is 0 Å². The smallest absolute Gasteiger partial charge is 0.0237 e. The maximum Gasteiger partial charge on any atom is 0.0237 e. The predicted octanol–water partition coefficient (Wildman–Crippen LogP) is 2.54. The minimum atomic E-state index is 0.581. The first-order chi connectivity index (χ1) is 10.1. The molecule has 3 nitrogen and oxygen atoms in total. The van der Waals surface area contributed by atoms with Gasteiger partial charge in [0.15, 0.2) is 0 Å². The summed E-state index contributed by atoms with van der Waals surface area (Å²) in [6.07, 6.45) is 2.69. The highest BCUT2D eigenvalue weighted by Gasteiger charge is 2.24. The summed E-state index contributed by atoms with van der Waals surface area (Å²) in [6, 6.07) is 9.95. The highest BCUT2D eigenvalue weighted by molar-refractivity contribution is 5.25. The van der Waals surface area contributed by atoms with Crippen molar-refractivity contribution in [3.05, 3.63) is 35.4 Å². The Balaban J connectivity index is 1.93. The van der Waals surface area contributed by atoms with Gasteiger partial charge in [0.2, 0.25) is 0 Å². The monoisotopic (exact) mass is 289 g/mol. The second kappa shape index (κ2) is 7.92. The number of hydrogen-bond acceptors (Lipinski definition) is 3. The van der Waals surface area contributed by atoms with E-state index in [0.29, 0.717) is 5.92 Å². The van der Waals surface area contributed by atoms with E-state index in [9.17, 15) is 0 Å². The van der Waals surface area contributed by atoms with Gasteiger partial charge < -0.3 is 10.2 Å². The van der Waals surface area contributed by atoms with E-state index in [2.05, 4.69) is 60.4 Å². The van der Waals surface area contributed by atoms with Crippen molar-refractivity contribution in [3.63, 3.8) is 0 Å². The van der Waals surface area contributed by atoms with Crippen LogP contribution >= 0.6 is 0 Å². The van der Waals surface area contributed by atoms with Crippen LogP contribution in [0, 0.1) is 0 Å². The number of hydrogen-bond donors (Lipinski definition) is 1. The second-order valence-corrected chi connectivity index (χ2v) is 6.73. The first kappa shape index (κ1) is 16.5. The normalized spacial score (nSPS) is 21.1. The van der Waals surface area contributed by atoms with Gasteiger partial charge in [-0.05, 0) is 57.6 Å². The van der Waals surface area contributed by atoms with Crippen LogP contribution in [-0.4, -0.2) is 56.6 Å². The molecule has 1 aliphatic rings. The predicted molar refractivity (Wildman–Crippen MR) is 90.8 cm³/mol. The van der Waals surface area contributed by atoms with Crippen molar-refractivity contribution in [2.24, 2.45) is 0 Å². The lowest BCUT2D eigenvalue weighted by Crippen LogP contribution is -2.37. The summed E-state index contributed by atoms with van der Waals surface area (Å²) in [5.41, 5.74) is 2.88. The minimum absolute atomic E-state index is 0.581. The maximum atomic E-state index is 3.25. The van der Waals surface area contributed by atoms with Gasteiger partial charge >= 0.3 is 0 Å². The Labute approximate surface area is 130 Å². The van der Waals surface area contributed by atoms with Gasteiger partial charge in [0, 0.05) is 25.7 Å². The first-order valence-electron chi connectivity index (χ1n) is 8.22. The lowest BCUT2D eigenvalue weighted by molar-refractivity contribution is 0.201. The van der Waals surface area contributed by atoms with Crippen LogP contribution in [0.5, 0.6) is 0 Å². The molecule has 2 rings (SSSR count). The molecule has 1 heterocycles. The number of nitrogens with one attached hydrogen (secondary N) is 1. The number of benzene rings is 1. The molecule has 3 heteroatoms. The number of nitrogens with zero attached hydrogens (tertiary/aromatic N) is 2. The summed E-state index contributed by atoms with van der Waals surface area (Å²) in [5, 5.41) is 3.25. The Bertz CT molecular complexity index is 413. The molecular weight excluding hydrogens is 258 g/mol. The summed E-state index contributed by atoms with van der Waals surface area (Å²) < 4.78 is 0. The van der Waals surface area contributed by atoms with E-state index in [1.165, 1.54) is 37.1 Å². The third-order valence-corrected chi connectivity index (χ3v) is 4.52. The quantitative estimate of drug-likeness (QED) is 0.832. The third kappa shape index (κ3) is 4.80. The third-order valence-electron chi connectivity index (χ3n) is 4.52. The average molecular weight is 289 g/mol. The molecule has 0 amide bonds. The van der Waals surface area contributed by atoms with E-state index < -0.39 is 0 Å². The molecule has 0 aliphatic carbocycles. The lowest BCUT2D eigenvalue weighted by Gasteiger charge is -2.27. The molecule has 1 N–H and O–H groups in total. The van der Waals surface area contributed by atoms with Gasteiger partial charge in [-0.1, -0.05) is 31.2 Å². The first-order valence-corrected chi connectivity index (χ1v) is 8.22. The Morgan fingerprint density at radius 2 is 2.00 bits per heavy atom. The van der Waals surface area contributed by atoms with Crippen molar-refractivity contribution in [3.8, 4) is 0 Å². The van der Waals surface area contributed by atoms with Crippen LogP contribution in [0.25, 0.3) is 0 Å². The molecule has 0 saturated carbocycles. The fourth-order valence-corrected chi connectivity index (χ4v) is 3.34. The zero-order valence-electron chi connectivity index (χ0n) is 14.1. The molecule has 21 heavy (non-hydrogen) atoms. The summed E-state index contributed by atoms with van der Waals surface area (Å²) in [7, 11) is 6.37. The van der Waals surface area contributed by atoms with Gasteiger partial charge in [0.1, 0.15) is 0 Å². The van der Waals surface area contributed by atoms with Crippen LogP contribution < -0.4 is 5.32 Å². The molecule has 0 radical (unpaired) electrons. The molecule has 1 aromatic carbocycles. The topological polar surface area (TPSA) is 18.5 Å². The van der Waals surface area contributed by atoms with Gasteiger partial charge in [-0.3, -0.25) is 4.90 Å². The number of likely N-dealkylation sites (tertiary alicyclic amines) is 1. The molecule has 2 unspecified atom stereocenters. The van der Waals surface area contributed by atoms with Gasteiger partial charge in [0.05, 0.1) is 0 Å². The summed E-state index contributed by atoms with van der Waals surface area (Å²) in [6.45, 7) is 6.84. The Kier molecular flexibility index (Phi) is 6.22. The van der Waals surface area contributed by atoms with Crippen LogP contribution in [0.3, 0.4) is 0 Å². The molecule has 0 bridgehead atoms. The van der Waals surface area contributed by atoms with Crippen LogP contribution in [0.1, 0.15) is 36.8 Å². The highest BCUT2D eigenvalue weighted by Crippen LogP contribution is 2.22. The molecule has 2 atom stereocenters. The van der Waals surface area contributed by atoms with Crippen LogP contribution in [0.2, 0.25) is 0 Å². The molecule has 0 spiro atoms. The van der Waals surface area contributed by atoms with Gasteiger partial charge in [-0.25, -0.2) is 0 Å². The van der Waals surface area contributed by atoms with Crippen molar-refractivity contribution in [1.82, 2.24) is 15.1 Å². The Morgan fingerprint density at radius 3 is 2.62 bits per heavy atom. The van der Waals surface area contributed by atoms with E-state index in [-0.39, 0.29) is 0 Å². The Morgan fingerprint density at radius 1 is 1.29 bits per heavy atom. The molecule has 1 aromatic rings. The van der Waals surface area contributed by atoms with Gasteiger partial charge in [-0.15, -0.1) is 0 Å². The van der Waals surface area contributed by atoms with E-state index in [0.717, 1.165) is 19.1 Å². The SMILES string of the molecule is CNCC(C)c1ccc(CN2CCCC2CN(C)C)cc1. The standard InChI is InChI=1S/C18H31N3/c1-15(12-19-2)17-9-7-16(8-10-17)13-21-11-5-6-18(21)14-20(3)4/h7-10,15,18-19H,5-6,11-14H2,1-4H3. The average Bonchev–Trinajstić information content (AvgIpc) is 2.86. The zero-order valence-corrected chi connectivity index (χ0v) is 14.1. The maximum absolute atomic E-state index is 3.25. The molecule has 1 fully saturated rings. The molecule has 0 aromatic heterocycles. The fourth-order valence-electron chi connectivity index (χ4n) is 3.34. The summed E-state index contributed by atoms with van der Waals surface area (Å²) in [4.78, 5) is 4.96. The zero-order chi connectivity index (χ0) is 15.2. The molecule has 1 aliphatic heterocycles. The number of rotatable bonds is 7. The van der Waals surface area contributed by atoms with Crippen molar-refractivity contribution in [2.75, 3.05) is 40.8 Å². The van der Waals surface area contributed by atoms with Crippen molar-refractivity contribution in [2.45, 2.75) is 38.3 Å². The van der Waals surface area contributed by atoms with Crippen molar-refractivity contribution >= 4 is 0 Å². The van der Waals surface area contributed by atoms with Crippen LogP contribution in [-0.2, 0) is 6.54 Å². The Hall–Kier alpha value is -0.900. The largest absolute Gasteiger partial charge is 0.319 e. The molecule has 118 valence electrons. The lowest BCUT2D eigenvalue weighted by atomic mass is 9.99. The van der Waals surface area contributed by atoms with Gasteiger partial charge in [0.25, 0.3) is 0 Å². The molecule has 1 saturated heterocycles. The second-order valence-electron chi connectivity index (χ2n) is 6.73.